The highest BCUT2D eigenvalue weighted by Gasteiger charge is 2.35. The van der Waals surface area contributed by atoms with E-state index >= 15 is 0 Å². The first-order chi connectivity index (χ1) is 5.04. The predicted octanol–water partition coefficient (Wildman–Crippen LogP) is 2.91. The number of hydrogen-bond acceptors (Lipinski definition) is 1. The van der Waals surface area contributed by atoms with Crippen molar-refractivity contribution in [3.63, 3.8) is 0 Å². The molecule has 0 amide bonds. The van der Waals surface area contributed by atoms with E-state index in [4.69, 9.17) is 4.74 Å². The largest absolute Gasteiger partial charge is 0.361 e. The maximum Gasteiger partial charge on any atom is 0.0844 e. The van der Waals surface area contributed by atoms with Gasteiger partial charge in [-0.3, -0.25) is 0 Å². The molecule has 1 heteroatoms. The highest BCUT2D eigenvalue weighted by atomic mass is 16.5. The van der Waals surface area contributed by atoms with Crippen molar-refractivity contribution in [3.8, 4) is 0 Å². The first-order valence-corrected chi connectivity index (χ1v) is 4.44. The monoisotopic (exact) mass is 154 g/mol. The SMILES string of the molecule is CCC1(C)C=CC(C)(CC)O1. The van der Waals surface area contributed by atoms with E-state index < -0.39 is 0 Å². The van der Waals surface area contributed by atoms with Crippen LogP contribution in [0, 0.1) is 0 Å². The fourth-order valence-corrected chi connectivity index (χ4v) is 1.33. The molecule has 0 aromatic carbocycles. The van der Waals surface area contributed by atoms with E-state index in [9.17, 15) is 0 Å². The molecule has 1 heterocycles. The van der Waals surface area contributed by atoms with Gasteiger partial charge in [0.1, 0.15) is 0 Å². The summed E-state index contributed by atoms with van der Waals surface area (Å²) >= 11 is 0. The fourth-order valence-electron chi connectivity index (χ4n) is 1.33. The minimum absolute atomic E-state index is 0.00917. The van der Waals surface area contributed by atoms with Gasteiger partial charge in [-0.25, -0.2) is 0 Å². The van der Waals surface area contributed by atoms with Gasteiger partial charge in [0.05, 0.1) is 11.2 Å². The van der Waals surface area contributed by atoms with Crippen LogP contribution >= 0.6 is 0 Å². The van der Waals surface area contributed by atoms with Gasteiger partial charge in [-0.2, -0.15) is 0 Å². The standard InChI is InChI=1S/C10H18O/c1-5-9(3)7-8-10(4,6-2)11-9/h7-8H,5-6H2,1-4H3. The van der Waals surface area contributed by atoms with Gasteiger partial charge in [-0.05, 0) is 26.7 Å². The van der Waals surface area contributed by atoms with Crippen molar-refractivity contribution in [1.82, 2.24) is 0 Å². The van der Waals surface area contributed by atoms with Crippen LogP contribution in [0.1, 0.15) is 40.5 Å². The second-order valence-electron chi connectivity index (χ2n) is 3.77. The first kappa shape index (κ1) is 8.79. The number of rotatable bonds is 2. The van der Waals surface area contributed by atoms with Gasteiger partial charge < -0.3 is 4.74 Å². The molecule has 11 heavy (non-hydrogen) atoms. The summed E-state index contributed by atoms with van der Waals surface area (Å²) in [5.41, 5.74) is -0.0183. The predicted molar refractivity (Wildman–Crippen MR) is 47.6 cm³/mol. The zero-order valence-electron chi connectivity index (χ0n) is 7.98. The van der Waals surface area contributed by atoms with Crippen LogP contribution in [-0.4, -0.2) is 11.2 Å². The van der Waals surface area contributed by atoms with E-state index in [1.807, 2.05) is 0 Å². The molecule has 64 valence electrons. The van der Waals surface area contributed by atoms with Crippen LogP contribution in [0.15, 0.2) is 12.2 Å². The molecule has 0 radical (unpaired) electrons. The van der Waals surface area contributed by atoms with Crippen molar-refractivity contribution < 1.29 is 4.74 Å². The molecule has 0 N–H and O–H groups in total. The molecule has 1 nitrogen and oxygen atoms in total. The van der Waals surface area contributed by atoms with E-state index in [0.29, 0.717) is 0 Å². The lowest BCUT2D eigenvalue weighted by atomic mass is 10.0. The summed E-state index contributed by atoms with van der Waals surface area (Å²) in [6.07, 6.45) is 6.49. The Kier molecular flexibility index (Phi) is 2.10. The molecular weight excluding hydrogens is 136 g/mol. The van der Waals surface area contributed by atoms with Gasteiger partial charge in [0, 0.05) is 0 Å². The van der Waals surface area contributed by atoms with Crippen molar-refractivity contribution in [2.75, 3.05) is 0 Å². The molecule has 2 atom stereocenters. The summed E-state index contributed by atoms with van der Waals surface area (Å²) < 4.78 is 5.92. The van der Waals surface area contributed by atoms with Crippen LogP contribution in [-0.2, 0) is 4.74 Å². The molecule has 0 aromatic rings. The maximum absolute atomic E-state index is 5.92. The Morgan fingerprint density at radius 2 is 1.36 bits per heavy atom. The first-order valence-electron chi connectivity index (χ1n) is 4.44. The second-order valence-corrected chi connectivity index (χ2v) is 3.77. The third-order valence-corrected chi connectivity index (χ3v) is 2.66. The molecule has 0 aliphatic carbocycles. The highest BCUT2D eigenvalue weighted by Crippen LogP contribution is 2.34. The Morgan fingerprint density at radius 1 is 1.00 bits per heavy atom. The van der Waals surface area contributed by atoms with Crippen molar-refractivity contribution in [1.29, 1.82) is 0 Å². The van der Waals surface area contributed by atoms with Crippen LogP contribution in [0.4, 0.5) is 0 Å². The molecule has 1 aliphatic rings. The molecule has 0 spiro atoms. The number of ether oxygens (including phenoxy) is 1. The van der Waals surface area contributed by atoms with Crippen molar-refractivity contribution in [2.24, 2.45) is 0 Å². The molecule has 1 aliphatic heterocycles. The molecule has 0 fully saturated rings. The third-order valence-electron chi connectivity index (χ3n) is 2.66. The van der Waals surface area contributed by atoms with E-state index in [0.717, 1.165) is 12.8 Å². The lowest BCUT2D eigenvalue weighted by Crippen LogP contribution is -2.31. The lowest BCUT2D eigenvalue weighted by molar-refractivity contribution is -0.0721. The van der Waals surface area contributed by atoms with Gasteiger partial charge in [-0.15, -0.1) is 0 Å². The maximum atomic E-state index is 5.92. The smallest absolute Gasteiger partial charge is 0.0844 e. The molecule has 0 aromatic heterocycles. The van der Waals surface area contributed by atoms with Gasteiger partial charge in [0.25, 0.3) is 0 Å². The van der Waals surface area contributed by atoms with Crippen molar-refractivity contribution >= 4 is 0 Å². The van der Waals surface area contributed by atoms with E-state index in [2.05, 4.69) is 39.8 Å². The van der Waals surface area contributed by atoms with E-state index in [1.165, 1.54) is 0 Å². The highest BCUT2D eigenvalue weighted by molar-refractivity contribution is 5.14. The fraction of sp³-hybridized carbons (Fsp3) is 0.800. The zero-order chi connectivity index (χ0) is 8.54. The van der Waals surface area contributed by atoms with Crippen molar-refractivity contribution in [2.45, 2.75) is 51.7 Å². The quantitative estimate of drug-likeness (QED) is 0.556. The van der Waals surface area contributed by atoms with Crippen molar-refractivity contribution in [3.05, 3.63) is 12.2 Å². The van der Waals surface area contributed by atoms with Gasteiger partial charge in [-0.1, -0.05) is 26.0 Å². The van der Waals surface area contributed by atoms with Crippen LogP contribution < -0.4 is 0 Å². The number of hydrogen-bond donors (Lipinski definition) is 0. The minimum atomic E-state index is -0.00917. The molecule has 1 rings (SSSR count). The summed E-state index contributed by atoms with van der Waals surface area (Å²) in [5.74, 6) is 0. The van der Waals surface area contributed by atoms with E-state index in [1.54, 1.807) is 0 Å². The molecular formula is C10H18O. The Labute approximate surface area is 69.4 Å². The van der Waals surface area contributed by atoms with Crippen LogP contribution in [0.25, 0.3) is 0 Å². The summed E-state index contributed by atoms with van der Waals surface area (Å²) in [7, 11) is 0. The zero-order valence-corrected chi connectivity index (χ0v) is 7.98. The van der Waals surface area contributed by atoms with Crippen LogP contribution in [0.3, 0.4) is 0 Å². The molecule has 2 unspecified atom stereocenters. The lowest BCUT2D eigenvalue weighted by Gasteiger charge is -2.29. The van der Waals surface area contributed by atoms with Gasteiger partial charge >= 0.3 is 0 Å². The summed E-state index contributed by atoms with van der Waals surface area (Å²) in [5, 5.41) is 0. The molecule has 0 bridgehead atoms. The minimum Gasteiger partial charge on any atom is -0.361 e. The van der Waals surface area contributed by atoms with Crippen LogP contribution in [0.2, 0.25) is 0 Å². The Hall–Kier alpha value is -0.300. The Morgan fingerprint density at radius 3 is 1.55 bits per heavy atom. The molecule has 0 saturated carbocycles. The average Bonchev–Trinajstić information content (AvgIpc) is 2.30. The van der Waals surface area contributed by atoms with Crippen LogP contribution in [0.5, 0.6) is 0 Å². The van der Waals surface area contributed by atoms with E-state index in [-0.39, 0.29) is 11.2 Å². The molecule has 0 saturated heterocycles. The Balaban J connectivity index is 2.68. The normalized spacial score (nSPS) is 43.3. The van der Waals surface area contributed by atoms with Gasteiger partial charge in [0.2, 0.25) is 0 Å². The van der Waals surface area contributed by atoms with Gasteiger partial charge in [0.15, 0.2) is 0 Å². The topological polar surface area (TPSA) is 9.23 Å². The summed E-state index contributed by atoms with van der Waals surface area (Å²) in [6, 6.07) is 0. The second kappa shape index (κ2) is 2.63. The Bertz CT molecular complexity index is 156. The summed E-state index contributed by atoms with van der Waals surface area (Å²) in [4.78, 5) is 0. The average molecular weight is 154 g/mol. The summed E-state index contributed by atoms with van der Waals surface area (Å²) in [6.45, 7) is 8.60. The third kappa shape index (κ3) is 1.64.